The van der Waals surface area contributed by atoms with Gasteiger partial charge in [0.2, 0.25) is 0 Å². The van der Waals surface area contributed by atoms with Gasteiger partial charge in [-0.05, 0) is 56.2 Å². The molecule has 1 aromatic carbocycles. The summed E-state index contributed by atoms with van der Waals surface area (Å²) in [6.45, 7) is 6.98. The third kappa shape index (κ3) is 5.90. The van der Waals surface area contributed by atoms with Crippen LogP contribution in [-0.4, -0.2) is 79.0 Å². The number of ether oxygens (including phenoxy) is 1. The van der Waals surface area contributed by atoms with E-state index < -0.39 is 23.9 Å². The van der Waals surface area contributed by atoms with Gasteiger partial charge in [-0.3, -0.25) is 9.48 Å². The van der Waals surface area contributed by atoms with Crippen LogP contribution in [0.5, 0.6) is 5.75 Å². The molecule has 0 radical (unpaired) electrons. The second-order valence-corrected chi connectivity index (χ2v) is 11.9. The number of aryl methyl sites for hydroxylation is 3. The van der Waals surface area contributed by atoms with Crippen molar-refractivity contribution in [3.63, 3.8) is 0 Å². The van der Waals surface area contributed by atoms with E-state index in [9.17, 15) is 27.9 Å². The van der Waals surface area contributed by atoms with Gasteiger partial charge in [-0.25, -0.2) is 14.8 Å². The Morgan fingerprint density at radius 1 is 1.13 bits per heavy atom. The number of carbonyl (C=O) groups excluding carboxylic acids is 1. The van der Waals surface area contributed by atoms with Gasteiger partial charge in [0.1, 0.15) is 17.4 Å². The molecule has 1 saturated heterocycles. The number of rotatable bonds is 8. The van der Waals surface area contributed by atoms with E-state index in [1.54, 1.807) is 38.5 Å². The van der Waals surface area contributed by atoms with Crippen molar-refractivity contribution >= 4 is 17.7 Å². The predicted molar refractivity (Wildman–Crippen MR) is 162 cm³/mol. The average Bonchev–Trinajstić information content (AvgIpc) is 3.59. The number of carboxylic acid groups (broad SMARTS) is 1. The van der Waals surface area contributed by atoms with Crippen LogP contribution in [0.25, 0.3) is 11.1 Å². The monoisotopic (exact) mass is 637 g/mol. The zero-order valence-corrected chi connectivity index (χ0v) is 25.9. The summed E-state index contributed by atoms with van der Waals surface area (Å²) in [6.07, 6.45) is -0.682. The predicted octanol–water partition coefficient (Wildman–Crippen LogP) is 5.08. The number of imidazole rings is 1. The number of amides is 1. The van der Waals surface area contributed by atoms with E-state index in [2.05, 4.69) is 10.1 Å². The van der Waals surface area contributed by atoms with Crippen LogP contribution in [0.2, 0.25) is 0 Å². The maximum Gasteiger partial charge on any atom is 0.435 e. The van der Waals surface area contributed by atoms with Crippen LogP contribution in [-0.2, 0) is 25.7 Å². The van der Waals surface area contributed by atoms with Crippen LogP contribution >= 0.6 is 0 Å². The first-order chi connectivity index (χ1) is 21.8. The Morgan fingerprint density at radius 3 is 2.52 bits per heavy atom. The number of pyridine rings is 1. The minimum absolute atomic E-state index is 0.0256. The highest BCUT2D eigenvalue weighted by atomic mass is 19.4. The number of fused-ring (bicyclic) bond motifs is 1. The Balaban J connectivity index is 1.33. The number of ketones is 1. The molecule has 46 heavy (non-hydrogen) atoms. The van der Waals surface area contributed by atoms with Crippen LogP contribution in [0.4, 0.5) is 23.8 Å². The van der Waals surface area contributed by atoms with Gasteiger partial charge in [-0.15, -0.1) is 0 Å². The second-order valence-electron chi connectivity index (χ2n) is 11.9. The number of aromatic nitrogens is 5. The zero-order valence-electron chi connectivity index (χ0n) is 25.9. The lowest BCUT2D eigenvalue weighted by molar-refractivity contribution is -0.141. The van der Waals surface area contributed by atoms with Crippen LogP contribution in [0, 0.1) is 19.8 Å². The largest absolute Gasteiger partial charge is 0.491 e. The van der Waals surface area contributed by atoms with Crippen molar-refractivity contribution in [3.8, 4) is 16.9 Å². The zero-order chi connectivity index (χ0) is 32.9. The number of Topliss-reactive ketones (excluding diaryl/α,β-unsaturated/α-hetero) is 1. The minimum atomic E-state index is -4.71. The molecule has 1 N–H and O–H groups in total. The van der Waals surface area contributed by atoms with E-state index in [1.165, 1.54) is 15.8 Å². The molecule has 0 unspecified atom stereocenters. The molecule has 3 aromatic heterocycles. The van der Waals surface area contributed by atoms with Crippen molar-refractivity contribution in [2.45, 2.75) is 52.5 Å². The lowest BCUT2D eigenvalue weighted by Gasteiger charge is -2.43. The smallest absolute Gasteiger partial charge is 0.435 e. The summed E-state index contributed by atoms with van der Waals surface area (Å²) in [7, 11) is 1.54. The summed E-state index contributed by atoms with van der Waals surface area (Å²) in [4.78, 5) is 37.7. The van der Waals surface area contributed by atoms with E-state index in [0.717, 1.165) is 11.4 Å². The molecule has 242 valence electrons. The van der Waals surface area contributed by atoms with Gasteiger partial charge in [0.25, 0.3) is 0 Å². The van der Waals surface area contributed by atoms with Crippen molar-refractivity contribution in [1.29, 1.82) is 0 Å². The molecule has 1 fully saturated rings. The molecule has 0 saturated carbocycles. The van der Waals surface area contributed by atoms with Crippen molar-refractivity contribution in [2.75, 3.05) is 31.6 Å². The molecule has 0 bridgehead atoms. The van der Waals surface area contributed by atoms with Crippen molar-refractivity contribution in [3.05, 3.63) is 76.8 Å². The fourth-order valence-corrected chi connectivity index (χ4v) is 5.99. The molecule has 1 amide bonds. The SMILES string of the molecule is CCn1cc(-c2cc(Cn3ccnc3C)cc3c2OC[C@@H](Cc2cc(C)cc(N4CC(N(C)C(=O)O)C4)n2)C3=O)c(C(F)(F)F)n1. The van der Waals surface area contributed by atoms with Crippen LogP contribution in [0.3, 0.4) is 0 Å². The number of alkyl halides is 3. The highest BCUT2D eigenvalue weighted by molar-refractivity contribution is 6.04. The molecule has 2 aliphatic rings. The highest BCUT2D eigenvalue weighted by Crippen LogP contribution is 2.44. The maximum atomic E-state index is 14.2. The van der Waals surface area contributed by atoms with Crippen molar-refractivity contribution in [2.24, 2.45) is 5.92 Å². The Hall–Kier alpha value is -4.88. The normalized spacial score (nSPS) is 16.6. The van der Waals surface area contributed by atoms with E-state index in [0.29, 0.717) is 36.7 Å². The summed E-state index contributed by atoms with van der Waals surface area (Å²) in [5, 5.41) is 13.1. The van der Waals surface area contributed by atoms with E-state index in [-0.39, 0.29) is 53.8 Å². The maximum absolute atomic E-state index is 14.2. The van der Waals surface area contributed by atoms with Gasteiger partial charge >= 0.3 is 12.3 Å². The van der Waals surface area contributed by atoms with Gasteiger partial charge in [0, 0.05) is 75.1 Å². The standard InChI is InChI=1S/C32H34F3N7O4/c1-5-42-16-26(30(38-42)32(33,34)35)24-10-20(13-40-7-6-36-19(40)3)11-25-28(43)21(17-46-29(24)25)12-22-8-18(2)9-27(37-22)41-14-23(15-41)39(4)31(44)45/h6-11,16,21,23H,5,12-15,17H2,1-4H3,(H,44,45)/t21-/m1/s1. The molecule has 1 atom stereocenters. The summed E-state index contributed by atoms with van der Waals surface area (Å²) in [6, 6.07) is 7.00. The number of hydrogen-bond donors (Lipinski definition) is 1. The third-order valence-corrected chi connectivity index (χ3v) is 8.64. The highest BCUT2D eigenvalue weighted by Gasteiger charge is 2.40. The van der Waals surface area contributed by atoms with Crippen LogP contribution in [0.1, 0.15) is 45.6 Å². The number of nitrogens with zero attached hydrogens (tertiary/aromatic N) is 7. The van der Waals surface area contributed by atoms with E-state index in [4.69, 9.17) is 9.72 Å². The molecule has 2 aliphatic heterocycles. The average molecular weight is 638 g/mol. The summed E-state index contributed by atoms with van der Waals surface area (Å²) in [5.41, 5.74) is 1.43. The minimum Gasteiger partial charge on any atom is -0.491 e. The Kier molecular flexibility index (Phi) is 7.99. The van der Waals surface area contributed by atoms with Crippen molar-refractivity contribution < 1.29 is 32.6 Å². The summed E-state index contributed by atoms with van der Waals surface area (Å²) in [5.74, 6) is 0.678. The molecule has 6 rings (SSSR count). The lowest BCUT2D eigenvalue weighted by Crippen LogP contribution is -2.60. The van der Waals surface area contributed by atoms with E-state index in [1.807, 2.05) is 35.4 Å². The van der Waals surface area contributed by atoms with E-state index >= 15 is 0 Å². The van der Waals surface area contributed by atoms with Gasteiger partial charge in [-0.2, -0.15) is 18.3 Å². The van der Waals surface area contributed by atoms with Gasteiger partial charge in [0.15, 0.2) is 11.5 Å². The van der Waals surface area contributed by atoms with Crippen LogP contribution < -0.4 is 9.64 Å². The molecule has 0 spiro atoms. The summed E-state index contributed by atoms with van der Waals surface area (Å²) < 4.78 is 51.7. The summed E-state index contributed by atoms with van der Waals surface area (Å²) >= 11 is 0. The quantitative estimate of drug-likeness (QED) is 0.284. The Bertz CT molecular complexity index is 1810. The first-order valence-corrected chi connectivity index (χ1v) is 15.0. The second kappa shape index (κ2) is 11.8. The van der Waals surface area contributed by atoms with Gasteiger partial charge in [-0.1, -0.05) is 0 Å². The number of likely N-dealkylation sites (N-methyl/N-ethyl adjacent to an activating group) is 1. The topological polar surface area (TPSA) is 119 Å². The molecule has 11 nitrogen and oxygen atoms in total. The van der Waals surface area contributed by atoms with Crippen molar-refractivity contribution in [1.82, 2.24) is 29.2 Å². The number of halogens is 3. The lowest BCUT2D eigenvalue weighted by atomic mass is 9.87. The molecule has 5 heterocycles. The number of carbonyl (C=O) groups is 2. The fraction of sp³-hybridized carbons (Fsp3) is 0.406. The van der Waals surface area contributed by atoms with Gasteiger partial charge < -0.3 is 24.2 Å². The molecular formula is C32H34F3N7O4. The van der Waals surface area contributed by atoms with Crippen LogP contribution in [0.15, 0.2) is 42.9 Å². The molecule has 0 aliphatic carbocycles. The molecule has 4 aromatic rings. The number of benzene rings is 1. The van der Waals surface area contributed by atoms with Gasteiger partial charge in [0.05, 0.1) is 24.1 Å². The Labute approximate surface area is 263 Å². The first kappa shape index (κ1) is 31.1. The molecular weight excluding hydrogens is 603 g/mol. The fourth-order valence-electron chi connectivity index (χ4n) is 5.99. The first-order valence-electron chi connectivity index (χ1n) is 15.0. The third-order valence-electron chi connectivity index (χ3n) is 8.64. The number of hydrogen-bond acceptors (Lipinski definition) is 7. The molecule has 14 heteroatoms. The number of anilines is 1. The Morgan fingerprint density at radius 2 is 1.87 bits per heavy atom.